The molecule has 1 fully saturated rings. The second-order valence-corrected chi connectivity index (χ2v) is 6.81. The van der Waals surface area contributed by atoms with Crippen molar-refractivity contribution in [2.24, 2.45) is 5.92 Å². The van der Waals surface area contributed by atoms with Crippen LogP contribution in [0.1, 0.15) is 55.8 Å². The van der Waals surface area contributed by atoms with E-state index >= 15 is 0 Å². The van der Waals surface area contributed by atoms with Gasteiger partial charge in [-0.05, 0) is 19.3 Å². The van der Waals surface area contributed by atoms with Gasteiger partial charge in [0.15, 0.2) is 6.61 Å². The molecule has 4 N–H and O–H groups in total. The summed E-state index contributed by atoms with van der Waals surface area (Å²) in [5.74, 6) is -2.18. The molecule has 0 aromatic carbocycles. The lowest BCUT2D eigenvalue weighted by molar-refractivity contribution is -0.143. The molecular weight excluding hydrogens is 368 g/mol. The van der Waals surface area contributed by atoms with Crippen LogP contribution in [0.3, 0.4) is 0 Å². The Morgan fingerprint density at radius 1 is 1.21 bits per heavy atom. The predicted octanol–water partition coefficient (Wildman–Crippen LogP) is -0.0488. The number of nitrogens with two attached hydrogens (primary N) is 1. The Morgan fingerprint density at radius 3 is 2.54 bits per heavy atom. The second kappa shape index (κ2) is 9.86. The molecule has 1 aliphatic carbocycles. The normalized spacial score (nSPS) is 14.5. The molecule has 2 rings (SSSR count). The summed E-state index contributed by atoms with van der Waals surface area (Å²) in [5.41, 5.74) is 3.73. The molecule has 1 aromatic rings. The summed E-state index contributed by atoms with van der Waals surface area (Å²) in [6, 6.07) is 0. The first-order valence-electron chi connectivity index (χ1n) is 9.44. The van der Waals surface area contributed by atoms with Gasteiger partial charge >= 0.3 is 11.7 Å². The maximum atomic E-state index is 12.3. The molecule has 154 valence electrons. The van der Waals surface area contributed by atoms with Crippen molar-refractivity contribution < 1.29 is 19.1 Å². The molecule has 0 aliphatic heterocycles. The summed E-state index contributed by atoms with van der Waals surface area (Å²) >= 11 is 0. The Bertz CT molecular complexity index is 851. The summed E-state index contributed by atoms with van der Waals surface area (Å²) in [6.07, 6.45) is 5.27. The van der Waals surface area contributed by atoms with Gasteiger partial charge in [0.2, 0.25) is 11.7 Å². The number of carbonyl (C=O) groups is 3. The third-order valence-electron chi connectivity index (χ3n) is 4.71. The average Bonchev–Trinajstić information content (AvgIpc) is 2.68. The van der Waals surface area contributed by atoms with Gasteiger partial charge in [0.05, 0.1) is 0 Å². The quantitative estimate of drug-likeness (QED) is 0.413. The van der Waals surface area contributed by atoms with E-state index in [2.05, 4.69) is 5.32 Å². The molecule has 1 heterocycles. The van der Waals surface area contributed by atoms with Gasteiger partial charge in [-0.1, -0.05) is 26.2 Å². The minimum absolute atomic E-state index is 0.0962. The van der Waals surface area contributed by atoms with E-state index in [-0.39, 0.29) is 30.7 Å². The highest BCUT2D eigenvalue weighted by atomic mass is 16.5. The molecule has 28 heavy (non-hydrogen) atoms. The van der Waals surface area contributed by atoms with Gasteiger partial charge in [-0.3, -0.25) is 28.7 Å². The van der Waals surface area contributed by atoms with Crippen molar-refractivity contribution >= 4 is 23.5 Å². The van der Waals surface area contributed by atoms with Crippen LogP contribution in [0.2, 0.25) is 0 Å². The zero-order valence-electron chi connectivity index (χ0n) is 15.9. The highest BCUT2D eigenvalue weighted by Gasteiger charge is 2.23. The van der Waals surface area contributed by atoms with Crippen LogP contribution >= 0.6 is 0 Å². The molecule has 0 saturated heterocycles. The number of hydrogen-bond donors (Lipinski definition) is 3. The predicted molar refractivity (Wildman–Crippen MR) is 101 cm³/mol. The zero-order valence-corrected chi connectivity index (χ0v) is 15.9. The van der Waals surface area contributed by atoms with E-state index < -0.39 is 35.2 Å². The Kier molecular flexibility index (Phi) is 7.53. The maximum Gasteiger partial charge on any atom is 0.329 e. The number of H-pyrrole nitrogens is 1. The fourth-order valence-corrected chi connectivity index (χ4v) is 3.24. The number of esters is 1. The molecule has 1 amide bonds. The Hall–Kier alpha value is -2.91. The van der Waals surface area contributed by atoms with E-state index in [1.54, 1.807) is 0 Å². The number of rotatable bonds is 8. The first-order chi connectivity index (χ1) is 13.3. The molecule has 0 atom stereocenters. The van der Waals surface area contributed by atoms with E-state index in [0.717, 1.165) is 36.7 Å². The van der Waals surface area contributed by atoms with Crippen molar-refractivity contribution in [3.8, 4) is 0 Å². The Morgan fingerprint density at radius 2 is 1.89 bits per heavy atom. The number of ether oxygens (including phenoxy) is 1. The summed E-state index contributed by atoms with van der Waals surface area (Å²) in [6.45, 7) is 0.968. The third kappa shape index (κ3) is 5.30. The minimum Gasteiger partial charge on any atom is -0.456 e. The molecule has 10 nitrogen and oxygen atoms in total. The summed E-state index contributed by atoms with van der Waals surface area (Å²) in [4.78, 5) is 61.8. The van der Waals surface area contributed by atoms with Crippen molar-refractivity contribution in [2.45, 2.75) is 52.0 Å². The SMILES string of the molecule is CCCn1c(N)c(C(=O)COC(=O)CNC(=O)C2CCCCC2)c(=O)[nH]c1=O. The number of nitrogen functional groups attached to an aromatic ring is 1. The number of anilines is 1. The number of nitrogens with one attached hydrogen (secondary N) is 2. The monoisotopic (exact) mass is 394 g/mol. The first-order valence-corrected chi connectivity index (χ1v) is 9.44. The summed E-state index contributed by atoms with van der Waals surface area (Å²) in [5, 5.41) is 2.51. The van der Waals surface area contributed by atoms with Crippen LogP contribution in [0, 0.1) is 5.92 Å². The Labute approximate surface area is 161 Å². The van der Waals surface area contributed by atoms with Crippen molar-refractivity contribution in [2.75, 3.05) is 18.9 Å². The Balaban J connectivity index is 1.92. The molecule has 10 heteroatoms. The van der Waals surface area contributed by atoms with Gasteiger partial charge in [0.1, 0.15) is 17.9 Å². The number of carbonyl (C=O) groups excluding carboxylic acids is 3. The van der Waals surface area contributed by atoms with Gasteiger partial charge in [-0.15, -0.1) is 0 Å². The van der Waals surface area contributed by atoms with Gasteiger partial charge in [-0.2, -0.15) is 0 Å². The van der Waals surface area contributed by atoms with Gasteiger partial charge in [0.25, 0.3) is 5.56 Å². The van der Waals surface area contributed by atoms with Crippen LogP contribution in [0.15, 0.2) is 9.59 Å². The van der Waals surface area contributed by atoms with Gasteiger partial charge < -0.3 is 15.8 Å². The lowest BCUT2D eigenvalue weighted by atomic mass is 9.89. The van der Waals surface area contributed by atoms with E-state index in [4.69, 9.17) is 10.5 Å². The molecule has 1 aliphatic rings. The minimum atomic E-state index is -0.929. The fraction of sp³-hybridized carbons (Fsp3) is 0.611. The van der Waals surface area contributed by atoms with Gasteiger partial charge in [0, 0.05) is 12.5 Å². The number of ketones is 1. The molecular formula is C18H26N4O6. The number of aromatic nitrogens is 2. The summed E-state index contributed by atoms with van der Waals surface area (Å²) < 4.78 is 5.92. The largest absolute Gasteiger partial charge is 0.456 e. The van der Waals surface area contributed by atoms with Crippen molar-refractivity contribution in [3.05, 3.63) is 26.4 Å². The van der Waals surface area contributed by atoms with Gasteiger partial charge in [-0.25, -0.2) is 4.79 Å². The number of nitrogens with zero attached hydrogens (tertiary/aromatic N) is 1. The highest BCUT2D eigenvalue weighted by Crippen LogP contribution is 2.23. The number of hydrogen-bond acceptors (Lipinski definition) is 7. The van der Waals surface area contributed by atoms with E-state index in [1.807, 2.05) is 11.9 Å². The highest BCUT2D eigenvalue weighted by molar-refractivity contribution is 6.01. The fourth-order valence-electron chi connectivity index (χ4n) is 3.24. The number of amides is 1. The van der Waals surface area contributed by atoms with Crippen molar-refractivity contribution in [3.63, 3.8) is 0 Å². The van der Waals surface area contributed by atoms with Crippen molar-refractivity contribution in [1.29, 1.82) is 0 Å². The van der Waals surface area contributed by atoms with Crippen LogP contribution in [-0.4, -0.2) is 40.4 Å². The lowest BCUT2D eigenvalue weighted by Gasteiger charge is -2.20. The zero-order chi connectivity index (χ0) is 20.7. The molecule has 0 radical (unpaired) electrons. The van der Waals surface area contributed by atoms with Crippen LogP contribution in [-0.2, 0) is 20.9 Å². The van der Waals surface area contributed by atoms with Crippen LogP contribution in [0.4, 0.5) is 5.82 Å². The standard InChI is InChI=1S/C18H26N4O6/c1-2-8-22-15(19)14(17(26)21-18(22)27)12(23)10-28-13(24)9-20-16(25)11-6-4-3-5-7-11/h11H,2-10,19H2,1H3,(H,20,25)(H,21,26,27). The molecule has 0 unspecified atom stereocenters. The average molecular weight is 394 g/mol. The number of Topliss-reactive ketones (excluding diaryl/α,β-unsaturated/α-hetero) is 1. The van der Waals surface area contributed by atoms with E-state index in [9.17, 15) is 24.0 Å². The van der Waals surface area contributed by atoms with E-state index in [1.165, 1.54) is 0 Å². The second-order valence-electron chi connectivity index (χ2n) is 6.81. The van der Waals surface area contributed by atoms with Crippen LogP contribution < -0.4 is 22.3 Å². The van der Waals surface area contributed by atoms with E-state index in [0.29, 0.717) is 6.42 Å². The van der Waals surface area contributed by atoms with Crippen LogP contribution in [0.25, 0.3) is 0 Å². The maximum absolute atomic E-state index is 12.3. The van der Waals surface area contributed by atoms with Crippen molar-refractivity contribution in [1.82, 2.24) is 14.9 Å². The molecule has 1 saturated carbocycles. The molecule has 0 bridgehead atoms. The topological polar surface area (TPSA) is 153 Å². The van der Waals surface area contributed by atoms with Crippen LogP contribution in [0.5, 0.6) is 0 Å². The lowest BCUT2D eigenvalue weighted by Crippen LogP contribution is -2.38. The third-order valence-corrected chi connectivity index (χ3v) is 4.71. The first kappa shape index (κ1) is 21.4. The summed E-state index contributed by atoms with van der Waals surface area (Å²) in [7, 11) is 0. The number of aromatic amines is 1. The smallest absolute Gasteiger partial charge is 0.329 e. The molecule has 0 spiro atoms. The molecule has 1 aromatic heterocycles.